The molecular weight excluding hydrogens is 392 g/mol. The molecule has 5 heteroatoms. The molecule has 0 radical (unpaired) electrons. The van der Waals surface area contributed by atoms with Gasteiger partial charge in [0.1, 0.15) is 5.75 Å². The highest BCUT2D eigenvalue weighted by atomic mass is 79.9. The topological polar surface area (TPSA) is 41.6 Å². The molecule has 0 saturated carbocycles. The van der Waals surface area contributed by atoms with Crippen molar-refractivity contribution in [2.24, 2.45) is 0 Å². The van der Waals surface area contributed by atoms with E-state index in [4.69, 9.17) is 4.74 Å². The predicted molar refractivity (Wildman–Crippen MR) is 110 cm³/mol. The summed E-state index contributed by atoms with van der Waals surface area (Å²) in [6.45, 7) is 0.839. The van der Waals surface area contributed by atoms with Crippen LogP contribution < -0.4 is 10.1 Å². The van der Waals surface area contributed by atoms with E-state index in [1.165, 1.54) is 0 Å². The van der Waals surface area contributed by atoms with Crippen molar-refractivity contribution < 1.29 is 9.53 Å². The molecule has 26 heavy (non-hydrogen) atoms. The van der Waals surface area contributed by atoms with Crippen molar-refractivity contribution in [2.75, 3.05) is 26.0 Å². The number of rotatable bonds is 6. The zero-order chi connectivity index (χ0) is 18.5. The first-order valence-corrected chi connectivity index (χ1v) is 9.14. The summed E-state index contributed by atoms with van der Waals surface area (Å²) < 4.78 is 6.27. The van der Waals surface area contributed by atoms with E-state index >= 15 is 0 Å². The van der Waals surface area contributed by atoms with Crippen LogP contribution in [-0.2, 0) is 11.3 Å². The number of nitrogens with zero attached hydrogens (tertiary/aromatic N) is 1. The summed E-state index contributed by atoms with van der Waals surface area (Å²) in [5, 5.41) is 5.41. The lowest BCUT2D eigenvalue weighted by Crippen LogP contribution is -2.31. The van der Waals surface area contributed by atoms with Crippen molar-refractivity contribution in [3.63, 3.8) is 0 Å². The molecule has 0 fully saturated rings. The van der Waals surface area contributed by atoms with Crippen molar-refractivity contribution in [2.45, 2.75) is 6.54 Å². The van der Waals surface area contributed by atoms with E-state index in [9.17, 15) is 4.79 Å². The third kappa shape index (κ3) is 4.55. The number of ether oxygens (including phenoxy) is 1. The van der Waals surface area contributed by atoms with Gasteiger partial charge in [0.2, 0.25) is 5.91 Å². The smallest absolute Gasteiger partial charge is 0.241 e. The quantitative estimate of drug-likeness (QED) is 0.638. The van der Waals surface area contributed by atoms with E-state index in [0.29, 0.717) is 6.54 Å². The molecule has 0 atom stereocenters. The first-order valence-electron chi connectivity index (χ1n) is 8.35. The maximum absolute atomic E-state index is 12.4. The van der Waals surface area contributed by atoms with Gasteiger partial charge in [-0.3, -0.25) is 4.79 Å². The van der Waals surface area contributed by atoms with Crippen LogP contribution >= 0.6 is 15.9 Å². The average Bonchev–Trinajstić information content (AvgIpc) is 2.66. The van der Waals surface area contributed by atoms with Gasteiger partial charge in [-0.25, -0.2) is 0 Å². The number of hydrogen-bond donors (Lipinski definition) is 1. The Morgan fingerprint density at radius 2 is 1.73 bits per heavy atom. The van der Waals surface area contributed by atoms with Gasteiger partial charge in [-0.1, -0.05) is 34.1 Å². The standard InChI is InChI=1S/C21H21BrN2O2/c1-24(21(25)13-23-19-8-6-18(22)7-9-19)14-15-3-4-17-12-20(26-2)10-5-16(17)11-15/h3-12,23H,13-14H2,1-2H3. The minimum atomic E-state index is 0.0442. The van der Waals surface area contributed by atoms with Gasteiger partial charge in [0.25, 0.3) is 0 Å². The molecule has 4 nitrogen and oxygen atoms in total. The van der Waals surface area contributed by atoms with E-state index in [1.54, 1.807) is 12.0 Å². The molecule has 0 spiro atoms. The normalized spacial score (nSPS) is 10.6. The number of carbonyl (C=O) groups is 1. The minimum Gasteiger partial charge on any atom is -0.497 e. The first kappa shape index (κ1) is 18.3. The summed E-state index contributed by atoms with van der Waals surface area (Å²) in [6, 6.07) is 20.0. The second-order valence-electron chi connectivity index (χ2n) is 6.16. The number of nitrogens with one attached hydrogen (secondary N) is 1. The van der Waals surface area contributed by atoms with E-state index in [0.717, 1.165) is 32.2 Å². The molecule has 0 aliphatic rings. The van der Waals surface area contributed by atoms with Crippen LogP contribution in [-0.4, -0.2) is 31.5 Å². The number of carbonyl (C=O) groups excluding carboxylic acids is 1. The molecule has 0 bridgehead atoms. The minimum absolute atomic E-state index is 0.0442. The van der Waals surface area contributed by atoms with Gasteiger partial charge < -0.3 is 15.0 Å². The van der Waals surface area contributed by atoms with Crippen LogP contribution in [0.2, 0.25) is 0 Å². The third-order valence-electron chi connectivity index (χ3n) is 4.25. The molecule has 0 aliphatic heterocycles. The second kappa shape index (κ2) is 8.23. The number of benzene rings is 3. The SMILES string of the molecule is COc1ccc2cc(CN(C)C(=O)CNc3ccc(Br)cc3)ccc2c1. The fourth-order valence-corrected chi connectivity index (χ4v) is 3.01. The average molecular weight is 413 g/mol. The molecule has 0 saturated heterocycles. The van der Waals surface area contributed by atoms with Crippen LogP contribution in [0.25, 0.3) is 10.8 Å². The zero-order valence-electron chi connectivity index (χ0n) is 14.8. The monoisotopic (exact) mass is 412 g/mol. The van der Waals surface area contributed by atoms with Gasteiger partial charge in [0.05, 0.1) is 13.7 Å². The highest BCUT2D eigenvalue weighted by molar-refractivity contribution is 9.10. The van der Waals surface area contributed by atoms with Gasteiger partial charge in [-0.15, -0.1) is 0 Å². The Hall–Kier alpha value is -2.53. The number of anilines is 1. The van der Waals surface area contributed by atoms with E-state index in [1.807, 2.05) is 55.6 Å². The summed E-state index contributed by atoms with van der Waals surface area (Å²) in [4.78, 5) is 14.1. The largest absolute Gasteiger partial charge is 0.497 e. The molecule has 3 aromatic carbocycles. The molecule has 0 aromatic heterocycles. The van der Waals surface area contributed by atoms with E-state index in [2.05, 4.69) is 33.4 Å². The maximum Gasteiger partial charge on any atom is 0.241 e. The van der Waals surface area contributed by atoms with Crippen LogP contribution in [0.1, 0.15) is 5.56 Å². The first-order chi connectivity index (χ1) is 12.5. The highest BCUT2D eigenvalue weighted by Crippen LogP contribution is 2.22. The lowest BCUT2D eigenvalue weighted by molar-refractivity contribution is -0.128. The summed E-state index contributed by atoms with van der Waals surface area (Å²) in [7, 11) is 3.49. The number of fused-ring (bicyclic) bond motifs is 1. The van der Waals surface area contributed by atoms with Gasteiger partial charge in [-0.05, 0) is 58.8 Å². The molecule has 1 N–H and O–H groups in total. The third-order valence-corrected chi connectivity index (χ3v) is 4.77. The summed E-state index contributed by atoms with van der Waals surface area (Å²) in [5.74, 6) is 0.888. The number of hydrogen-bond acceptors (Lipinski definition) is 3. The number of amides is 1. The lowest BCUT2D eigenvalue weighted by atomic mass is 10.1. The molecule has 3 aromatic rings. The number of likely N-dealkylation sites (N-methyl/N-ethyl adjacent to an activating group) is 1. The van der Waals surface area contributed by atoms with Crippen molar-refractivity contribution in [1.29, 1.82) is 0 Å². The Bertz CT molecular complexity index is 910. The molecule has 0 unspecified atom stereocenters. The summed E-state index contributed by atoms with van der Waals surface area (Å²) >= 11 is 3.40. The van der Waals surface area contributed by atoms with Gasteiger partial charge >= 0.3 is 0 Å². The highest BCUT2D eigenvalue weighted by Gasteiger charge is 2.09. The fraction of sp³-hybridized carbons (Fsp3) is 0.190. The molecule has 0 heterocycles. The summed E-state index contributed by atoms with van der Waals surface area (Å²) in [6.07, 6.45) is 0. The van der Waals surface area contributed by atoms with Crippen molar-refractivity contribution in [3.8, 4) is 5.75 Å². The Labute approximate surface area is 161 Å². The predicted octanol–water partition coefficient (Wildman–Crippen LogP) is 4.68. The van der Waals surface area contributed by atoms with Crippen LogP contribution in [0.5, 0.6) is 5.75 Å². The van der Waals surface area contributed by atoms with Gasteiger partial charge in [0.15, 0.2) is 0 Å². The Kier molecular flexibility index (Phi) is 5.78. The maximum atomic E-state index is 12.4. The molecular formula is C21H21BrN2O2. The zero-order valence-corrected chi connectivity index (χ0v) is 16.4. The Morgan fingerprint density at radius 3 is 2.46 bits per heavy atom. The van der Waals surface area contributed by atoms with E-state index < -0.39 is 0 Å². The number of methoxy groups -OCH3 is 1. The van der Waals surface area contributed by atoms with Crippen LogP contribution in [0.3, 0.4) is 0 Å². The Balaban J connectivity index is 1.61. The lowest BCUT2D eigenvalue weighted by Gasteiger charge is -2.18. The molecule has 0 aliphatic carbocycles. The molecule has 3 rings (SSSR count). The summed E-state index contributed by atoms with van der Waals surface area (Å²) in [5.41, 5.74) is 2.02. The molecule has 1 amide bonds. The Morgan fingerprint density at radius 1 is 1.04 bits per heavy atom. The van der Waals surface area contributed by atoms with E-state index in [-0.39, 0.29) is 12.5 Å². The van der Waals surface area contributed by atoms with Crippen LogP contribution in [0, 0.1) is 0 Å². The van der Waals surface area contributed by atoms with Crippen LogP contribution in [0.15, 0.2) is 65.1 Å². The van der Waals surface area contributed by atoms with Gasteiger partial charge in [0, 0.05) is 23.8 Å². The van der Waals surface area contributed by atoms with Crippen molar-refractivity contribution >= 4 is 38.3 Å². The molecule has 134 valence electrons. The fourth-order valence-electron chi connectivity index (χ4n) is 2.74. The van der Waals surface area contributed by atoms with Crippen LogP contribution in [0.4, 0.5) is 5.69 Å². The van der Waals surface area contributed by atoms with Crippen molar-refractivity contribution in [1.82, 2.24) is 4.90 Å². The van der Waals surface area contributed by atoms with Gasteiger partial charge in [-0.2, -0.15) is 0 Å². The van der Waals surface area contributed by atoms with Crippen molar-refractivity contribution in [3.05, 3.63) is 70.7 Å². The second-order valence-corrected chi connectivity index (χ2v) is 7.07. The number of halogens is 1.